The molecule has 192 valence electrons. The minimum Gasteiger partial charge on any atom is -0.489 e. The second-order valence-electron chi connectivity index (χ2n) is 9.71. The van der Waals surface area contributed by atoms with Crippen molar-refractivity contribution in [3.63, 3.8) is 0 Å². The fourth-order valence-corrected chi connectivity index (χ4v) is 4.84. The molecule has 0 aliphatic rings. The van der Waals surface area contributed by atoms with Crippen molar-refractivity contribution in [1.82, 2.24) is 4.98 Å². The number of para-hydroxylation sites is 1. The fourth-order valence-electron chi connectivity index (χ4n) is 4.84. The Morgan fingerprint density at radius 3 is 2.29 bits per heavy atom. The molecule has 5 heteroatoms. The standard InChI is InChI=1S/C33H28F3NO/c1-21-14-15-23(3)27(16-21)20-38-28-11-6-10-25(18-28)31-26(17-24-9-5-4-8-22(24)2)19-37-32-29(31)12-7-13-30(32)33(34,35)36/h4-16,18-19H,17,20H2,1-3H3. The highest BCUT2D eigenvalue weighted by Crippen LogP contribution is 2.39. The van der Waals surface area contributed by atoms with Gasteiger partial charge in [-0.1, -0.05) is 72.3 Å². The van der Waals surface area contributed by atoms with Crippen LogP contribution in [0, 0.1) is 20.8 Å². The summed E-state index contributed by atoms with van der Waals surface area (Å²) in [6, 6.07) is 26.1. The number of rotatable bonds is 6. The monoisotopic (exact) mass is 511 g/mol. The van der Waals surface area contributed by atoms with Crippen LogP contribution in [0.25, 0.3) is 22.0 Å². The van der Waals surface area contributed by atoms with Crippen molar-refractivity contribution in [2.45, 2.75) is 40.0 Å². The summed E-state index contributed by atoms with van der Waals surface area (Å²) in [5.41, 5.74) is 7.22. The van der Waals surface area contributed by atoms with E-state index in [0.29, 0.717) is 24.2 Å². The Hall–Kier alpha value is -4.12. The highest BCUT2D eigenvalue weighted by atomic mass is 19.4. The molecular formula is C33H28F3NO. The number of pyridine rings is 1. The molecule has 1 heterocycles. The lowest BCUT2D eigenvalue weighted by Gasteiger charge is -2.18. The molecule has 0 atom stereocenters. The summed E-state index contributed by atoms with van der Waals surface area (Å²) in [6.07, 6.45) is -2.37. The molecule has 1 aromatic heterocycles. The van der Waals surface area contributed by atoms with Crippen molar-refractivity contribution in [2.24, 2.45) is 0 Å². The number of ether oxygens (including phenoxy) is 1. The topological polar surface area (TPSA) is 22.1 Å². The number of halogens is 3. The van der Waals surface area contributed by atoms with Crippen molar-refractivity contribution in [3.8, 4) is 16.9 Å². The van der Waals surface area contributed by atoms with Gasteiger partial charge in [0.2, 0.25) is 0 Å². The predicted octanol–water partition coefficient (Wildman–Crippen LogP) is 9.02. The molecule has 38 heavy (non-hydrogen) atoms. The van der Waals surface area contributed by atoms with Crippen LogP contribution in [0.1, 0.15) is 38.9 Å². The number of nitrogens with zero attached hydrogens (tertiary/aromatic N) is 1. The molecule has 0 unspecified atom stereocenters. The number of hydrogen-bond acceptors (Lipinski definition) is 2. The van der Waals surface area contributed by atoms with Gasteiger partial charge in [-0.15, -0.1) is 0 Å². The molecule has 4 aromatic carbocycles. The Kier molecular flexibility index (Phi) is 6.94. The number of aromatic nitrogens is 1. The molecule has 2 nitrogen and oxygen atoms in total. The van der Waals surface area contributed by atoms with E-state index in [9.17, 15) is 13.2 Å². The van der Waals surface area contributed by atoms with Gasteiger partial charge in [-0.05, 0) is 84.3 Å². The lowest BCUT2D eigenvalue weighted by molar-refractivity contribution is -0.136. The molecule has 0 amide bonds. The van der Waals surface area contributed by atoms with E-state index in [1.807, 2.05) is 69.3 Å². The lowest BCUT2D eigenvalue weighted by atomic mass is 9.91. The first-order chi connectivity index (χ1) is 18.2. The molecular weight excluding hydrogens is 483 g/mol. The number of alkyl halides is 3. The van der Waals surface area contributed by atoms with Crippen LogP contribution in [0.2, 0.25) is 0 Å². The molecule has 0 N–H and O–H groups in total. The summed E-state index contributed by atoms with van der Waals surface area (Å²) in [6.45, 7) is 6.53. The minimum atomic E-state index is -4.50. The summed E-state index contributed by atoms with van der Waals surface area (Å²) in [4.78, 5) is 4.32. The van der Waals surface area contributed by atoms with E-state index < -0.39 is 11.7 Å². The van der Waals surface area contributed by atoms with Crippen LogP contribution in [-0.4, -0.2) is 4.98 Å². The van der Waals surface area contributed by atoms with Crippen molar-refractivity contribution in [1.29, 1.82) is 0 Å². The van der Waals surface area contributed by atoms with E-state index in [4.69, 9.17) is 4.74 Å². The molecule has 5 aromatic rings. The first-order valence-corrected chi connectivity index (χ1v) is 12.5. The van der Waals surface area contributed by atoms with Crippen molar-refractivity contribution in [2.75, 3.05) is 0 Å². The largest absolute Gasteiger partial charge is 0.489 e. The molecule has 5 rings (SSSR count). The van der Waals surface area contributed by atoms with Gasteiger partial charge in [-0.2, -0.15) is 13.2 Å². The number of fused-ring (bicyclic) bond motifs is 1. The van der Waals surface area contributed by atoms with Gasteiger partial charge in [0, 0.05) is 11.6 Å². The van der Waals surface area contributed by atoms with Crippen LogP contribution in [0.3, 0.4) is 0 Å². The summed E-state index contributed by atoms with van der Waals surface area (Å²) < 4.78 is 47.8. The summed E-state index contributed by atoms with van der Waals surface area (Å²) in [5, 5.41) is 0.470. The van der Waals surface area contributed by atoms with Gasteiger partial charge in [0.05, 0.1) is 11.1 Å². The fraction of sp³-hybridized carbons (Fsp3) is 0.182. The molecule has 0 saturated heterocycles. The quantitative estimate of drug-likeness (QED) is 0.227. The van der Waals surface area contributed by atoms with Gasteiger partial charge < -0.3 is 4.74 Å². The maximum absolute atomic E-state index is 13.9. The van der Waals surface area contributed by atoms with E-state index in [2.05, 4.69) is 23.2 Å². The second-order valence-corrected chi connectivity index (χ2v) is 9.71. The molecule has 0 saturated carbocycles. The van der Waals surface area contributed by atoms with Crippen LogP contribution in [0.5, 0.6) is 5.75 Å². The Labute approximate surface area is 220 Å². The normalized spacial score (nSPS) is 11.6. The van der Waals surface area contributed by atoms with E-state index in [-0.39, 0.29) is 5.52 Å². The Bertz CT molecular complexity index is 1620. The molecule has 0 spiro atoms. The zero-order valence-corrected chi connectivity index (χ0v) is 21.6. The average molecular weight is 512 g/mol. The van der Waals surface area contributed by atoms with Crippen LogP contribution < -0.4 is 4.74 Å². The van der Waals surface area contributed by atoms with E-state index >= 15 is 0 Å². The lowest BCUT2D eigenvalue weighted by Crippen LogP contribution is -2.07. The van der Waals surface area contributed by atoms with Crippen LogP contribution >= 0.6 is 0 Å². The minimum absolute atomic E-state index is 0.0507. The van der Waals surface area contributed by atoms with Gasteiger partial charge in [-0.25, -0.2) is 0 Å². The Balaban J connectivity index is 1.62. The van der Waals surface area contributed by atoms with E-state index in [1.54, 1.807) is 12.3 Å². The maximum Gasteiger partial charge on any atom is 0.418 e. The maximum atomic E-state index is 13.9. The average Bonchev–Trinajstić information content (AvgIpc) is 2.89. The van der Waals surface area contributed by atoms with Crippen molar-refractivity contribution in [3.05, 3.63) is 130 Å². The number of aryl methyl sites for hydroxylation is 3. The first-order valence-electron chi connectivity index (χ1n) is 12.5. The number of hydrogen-bond donors (Lipinski definition) is 0. The smallest absolute Gasteiger partial charge is 0.418 e. The molecule has 0 bridgehead atoms. The third-order valence-electron chi connectivity index (χ3n) is 6.95. The zero-order chi connectivity index (χ0) is 26.9. The summed E-state index contributed by atoms with van der Waals surface area (Å²) in [7, 11) is 0. The summed E-state index contributed by atoms with van der Waals surface area (Å²) >= 11 is 0. The summed E-state index contributed by atoms with van der Waals surface area (Å²) in [5.74, 6) is 0.655. The molecule has 0 aliphatic carbocycles. The Morgan fingerprint density at radius 1 is 0.737 bits per heavy atom. The predicted molar refractivity (Wildman–Crippen MR) is 146 cm³/mol. The van der Waals surface area contributed by atoms with Gasteiger partial charge in [0.25, 0.3) is 0 Å². The highest BCUT2D eigenvalue weighted by Gasteiger charge is 2.33. The third-order valence-corrected chi connectivity index (χ3v) is 6.95. The zero-order valence-electron chi connectivity index (χ0n) is 21.6. The van der Waals surface area contributed by atoms with E-state index in [0.717, 1.165) is 50.6 Å². The van der Waals surface area contributed by atoms with Crippen LogP contribution in [0.4, 0.5) is 13.2 Å². The molecule has 0 aliphatic heterocycles. The van der Waals surface area contributed by atoms with Gasteiger partial charge in [-0.3, -0.25) is 4.98 Å². The van der Waals surface area contributed by atoms with Crippen molar-refractivity contribution < 1.29 is 17.9 Å². The van der Waals surface area contributed by atoms with E-state index in [1.165, 1.54) is 6.07 Å². The van der Waals surface area contributed by atoms with Crippen molar-refractivity contribution >= 4 is 10.9 Å². The SMILES string of the molecule is Cc1ccc(C)c(COc2cccc(-c3c(Cc4ccccc4C)cnc4c(C(F)(F)F)cccc34)c2)c1. The van der Waals surface area contributed by atoms with Gasteiger partial charge in [0.15, 0.2) is 0 Å². The third kappa shape index (κ3) is 5.28. The number of benzene rings is 4. The molecule has 0 fully saturated rings. The van der Waals surface area contributed by atoms with Crippen LogP contribution in [-0.2, 0) is 19.2 Å². The highest BCUT2D eigenvalue weighted by molar-refractivity contribution is 5.98. The first kappa shape index (κ1) is 25.5. The Morgan fingerprint density at radius 2 is 1.50 bits per heavy atom. The second kappa shape index (κ2) is 10.3. The van der Waals surface area contributed by atoms with Gasteiger partial charge in [0.1, 0.15) is 12.4 Å². The molecule has 0 radical (unpaired) electrons. The van der Waals surface area contributed by atoms with Crippen LogP contribution in [0.15, 0.2) is 91.1 Å². The van der Waals surface area contributed by atoms with Gasteiger partial charge >= 0.3 is 6.18 Å².